The average molecular weight is 580 g/mol. The second-order valence-corrected chi connectivity index (χ2v) is 11.1. The van der Waals surface area contributed by atoms with E-state index in [4.69, 9.17) is 20.3 Å². The van der Waals surface area contributed by atoms with Gasteiger partial charge in [-0.25, -0.2) is 4.39 Å². The first-order valence-corrected chi connectivity index (χ1v) is 13.9. The van der Waals surface area contributed by atoms with Crippen LogP contribution in [0.15, 0.2) is 58.3 Å². The van der Waals surface area contributed by atoms with Crippen LogP contribution >= 0.6 is 11.3 Å². The van der Waals surface area contributed by atoms with E-state index < -0.39 is 42.0 Å². The molecule has 3 heterocycles. The molecule has 1 fully saturated rings. The molecule has 0 unspecified atom stereocenters. The van der Waals surface area contributed by atoms with E-state index >= 15 is 4.39 Å². The molecule has 1 aliphatic rings. The lowest BCUT2D eigenvalue weighted by atomic mass is 10.0. The SMILES string of the molecule is COC[C@@]1(F)C[C@@H](C(=O)N[C@H](C)c2cc(C(=N)N)cs2)N(C(=O)CNC(=O)c2ccc3oc4ccccc4c3c2)C1. The third kappa shape index (κ3) is 5.79. The lowest BCUT2D eigenvalue weighted by molar-refractivity contribution is -0.138. The van der Waals surface area contributed by atoms with Crippen molar-refractivity contribution in [3.63, 3.8) is 0 Å². The maximum atomic E-state index is 15.6. The summed E-state index contributed by atoms with van der Waals surface area (Å²) in [7, 11) is 1.35. The van der Waals surface area contributed by atoms with Crippen LogP contribution in [0.1, 0.15) is 40.2 Å². The van der Waals surface area contributed by atoms with Crippen molar-refractivity contribution in [2.24, 2.45) is 5.73 Å². The molecular weight excluding hydrogens is 549 g/mol. The van der Waals surface area contributed by atoms with E-state index in [1.165, 1.54) is 18.4 Å². The smallest absolute Gasteiger partial charge is 0.251 e. The first kappa shape index (κ1) is 28.2. The van der Waals surface area contributed by atoms with E-state index in [1.807, 2.05) is 24.3 Å². The largest absolute Gasteiger partial charge is 0.456 e. The Labute approximate surface area is 239 Å². The summed E-state index contributed by atoms with van der Waals surface area (Å²) >= 11 is 1.33. The summed E-state index contributed by atoms with van der Waals surface area (Å²) in [6, 6.07) is 12.6. The minimum Gasteiger partial charge on any atom is -0.456 e. The molecule has 12 heteroatoms. The van der Waals surface area contributed by atoms with E-state index in [1.54, 1.807) is 36.6 Å². The number of hydrogen-bond donors (Lipinski definition) is 4. The fourth-order valence-corrected chi connectivity index (χ4v) is 6.04. The van der Waals surface area contributed by atoms with Crippen LogP contribution < -0.4 is 16.4 Å². The van der Waals surface area contributed by atoms with Crippen molar-refractivity contribution in [1.82, 2.24) is 15.5 Å². The molecular formula is C29H30FN5O5S. The quantitative estimate of drug-likeness (QED) is 0.176. The van der Waals surface area contributed by atoms with Gasteiger partial charge in [-0.1, -0.05) is 18.2 Å². The minimum absolute atomic E-state index is 0.0829. The number of fused-ring (bicyclic) bond motifs is 3. The molecule has 10 nitrogen and oxygen atoms in total. The Hall–Kier alpha value is -4.29. The Morgan fingerprint density at radius 3 is 2.68 bits per heavy atom. The first-order chi connectivity index (χ1) is 19.6. The highest BCUT2D eigenvalue weighted by molar-refractivity contribution is 7.10. The van der Waals surface area contributed by atoms with Crippen LogP contribution in [0.4, 0.5) is 4.39 Å². The molecule has 0 aliphatic carbocycles. The number of nitrogens with one attached hydrogen (secondary N) is 3. The highest BCUT2D eigenvalue weighted by atomic mass is 32.1. The van der Waals surface area contributed by atoms with Crippen molar-refractivity contribution in [3.05, 3.63) is 69.9 Å². The number of nitrogens with two attached hydrogens (primary N) is 1. The van der Waals surface area contributed by atoms with Crippen LogP contribution in [0.25, 0.3) is 21.9 Å². The second-order valence-electron chi connectivity index (χ2n) is 10.2. The Balaban J connectivity index is 1.28. The summed E-state index contributed by atoms with van der Waals surface area (Å²) in [4.78, 5) is 41.4. The van der Waals surface area contributed by atoms with E-state index in [0.717, 1.165) is 20.5 Å². The van der Waals surface area contributed by atoms with Gasteiger partial charge in [0.2, 0.25) is 11.8 Å². The van der Waals surface area contributed by atoms with E-state index in [0.29, 0.717) is 22.3 Å². The first-order valence-electron chi connectivity index (χ1n) is 13.0. The van der Waals surface area contributed by atoms with Gasteiger partial charge in [0.15, 0.2) is 5.67 Å². The highest BCUT2D eigenvalue weighted by Crippen LogP contribution is 2.33. The molecule has 3 atom stereocenters. The van der Waals surface area contributed by atoms with E-state index in [-0.39, 0.29) is 25.4 Å². The molecule has 0 bridgehead atoms. The number of carbonyl (C=O) groups excluding carboxylic acids is 3. The van der Waals surface area contributed by atoms with Crippen LogP contribution in [0, 0.1) is 5.41 Å². The molecule has 0 spiro atoms. The van der Waals surface area contributed by atoms with Gasteiger partial charge >= 0.3 is 0 Å². The number of thiophene rings is 1. The number of hydrogen-bond acceptors (Lipinski definition) is 7. The standard InChI is InChI=1S/C29H30FN5O5S/c1-16(24-10-18(13-41-24)26(31)32)34-28(38)21-11-29(30,15-39-2)14-35(21)25(36)12-33-27(37)17-7-8-23-20(9-17)19-5-3-4-6-22(19)40-23/h3-10,13,16,21H,11-12,14-15H2,1-2H3,(H3,31,32)(H,33,37)(H,34,38)/t16-,21+,29-/m1/s1. The number of likely N-dealkylation sites (tertiary alicyclic amines) is 1. The molecule has 3 amide bonds. The van der Waals surface area contributed by atoms with Crippen molar-refractivity contribution in [1.29, 1.82) is 5.41 Å². The summed E-state index contributed by atoms with van der Waals surface area (Å²) in [5.74, 6) is -1.68. The van der Waals surface area contributed by atoms with Crippen molar-refractivity contribution in [3.8, 4) is 0 Å². The normalized spacial score (nSPS) is 19.4. The van der Waals surface area contributed by atoms with Gasteiger partial charge in [-0.05, 0) is 37.3 Å². The third-order valence-electron chi connectivity index (χ3n) is 7.17. The number of benzene rings is 2. The predicted molar refractivity (Wildman–Crippen MR) is 154 cm³/mol. The highest BCUT2D eigenvalue weighted by Gasteiger charge is 2.49. The zero-order chi connectivity index (χ0) is 29.3. The number of alkyl halides is 1. The molecule has 2 aromatic heterocycles. The van der Waals surface area contributed by atoms with E-state index in [2.05, 4.69) is 10.6 Å². The number of para-hydroxylation sites is 1. The van der Waals surface area contributed by atoms with Crippen LogP contribution in [-0.4, -0.2) is 67.0 Å². The summed E-state index contributed by atoms with van der Waals surface area (Å²) < 4.78 is 26.4. The number of rotatable bonds is 9. The van der Waals surface area contributed by atoms with Gasteiger partial charge in [-0.15, -0.1) is 11.3 Å². The zero-order valence-corrected chi connectivity index (χ0v) is 23.3. The Morgan fingerprint density at radius 2 is 1.95 bits per heavy atom. The van der Waals surface area contributed by atoms with Crippen LogP contribution in [0.3, 0.4) is 0 Å². The fourth-order valence-electron chi connectivity index (χ4n) is 5.12. The zero-order valence-electron chi connectivity index (χ0n) is 22.5. The molecule has 41 heavy (non-hydrogen) atoms. The van der Waals surface area contributed by atoms with Crippen molar-refractivity contribution < 1.29 is 27.9 Å². The Morgan fingerprint density at radius 1 is 1.20 bits per heavy atom. The lowest BCUT2D eigenvalue weighted by Gasteiger charge is -2.25. The molecule has 4 aromatic rings. The minimum atomic E-state index is -1.92. The van der Waals surface area contributed by atoms with Crippen molar-refractivity contribution >= 4 is 56.8 Å². The van der Waals surface area contributed by atoms with Crippen LogP contribution in [0.2, 0.25) is 0 Å². The van der Waals surface area contributed by atoms with E-state index in [9.17, 15) is 14.4 Å². The van der Waals surface area contributed by atoms with Crippen LogP contribution in [-0.2, 0) is 14.3 Å². The monoisotopic (exact) mass is 579 g/mol. The van der Waals surface area contributed by atoms with Crippen molar-refractivity contribution in [2.45, 2.75) is 31.1 Å². The number of amidine groups is 1. The fraction of sp³-hybridized carbons (Fsp3) is 0.310. The third-order valence-corrected chi connectivity index (χ3v) is 8.29. The molecule has 5 rings (SSSR count). The summed E-state index contributed by atoms with van der Waals surface area (Å²) in [5, 5.41) is 16.4. The number of amides is 3. The number of nitrogen functional groups attached to an aromatic ring is 1. The molecule has 1 aliphatic heterocycles. The van der Waals surface area contributed by atoms with Gasteiger partial charge in [-0.2, -0.15) is 0 Å². The maximum absolute atomic E-state index is 15.6. The predicted octanol–water partition coefficient (Wildman–Crippen LogP) is 3.49. The Kier molecular flexibility index (Phi) is 7.78. The second kappa shape index (κ2) is 11.3. The molecule has 1 saturated heterocycles. The van der Waals surface area contributed by atoms with Gasteiger partial charge in [0.1, 0.15) is 23.0 Å². The topological polar surface area (TPSA) is 151 Å². The number of ether oxygens (including phenoxy) is 1. The molecule has 214 valence electrons. The Bertz CT molecular complexity index is 1650. The average Bonchev–Trinajstić information content (AvgIpc) is 3.67. The molecule has 5 N–H and O–H groups in total. The molecule has 0 saturated carbocycles. The molecule has 2 aromatic carbocycles. The van der Waals surface area contributed by atoms with Gasteiger partial charge in [0.05, 0.1) is 25.7 Å². The van der Waals surface area contributed by atoms with Gasteiger partial charge in [0.25, 0.3) is 5.91 Å². The summed E-state index contributed by atoms with van der Waals surface area (Å²) in [6.07, 6.45) is -0.244. The lowest BCUT2D eigenvalue weighted by Crippen LogP contribution is -2.49. The number of furan rings is 1. The van der Waals surface area contributed by atoms with Gasteiger partial charge < -0.3 is 30.4 Å². The van der Waals surface area contributed by atoms with Crippen LogP contribution in [0.5, 0.6) is 0 Å². The summed E-state index contributed by atoms with van der Waals surface area (Å²) in [5.41, 5.74) is 5.83. The van der Waals surface area contributed by atoms with Gasteiger partial charge in [-0.3, -0.25) is 19.8 Å². The van der Waals surface area contributed by atoms with Gasteiger partial charge in [0, 0.05) is 45.7 Å². The maximum Gasteiger partial charge on any atom is 0.251 e. The number of halogens is 1. The number of nitrogens with zero attached hydrogens (tertiary/aromatic N) is 1. The number of carbonyl (C=O) groups is 3. The number of methoxy groups -OCH3 is 1. The molecule has 0 radical (unpaired) electrons. The summed E-state index contributed by atoms with van der Waals surface area (Å²) in [6.45, 7) is 0.710. The van der Waals surface area contributed by atoms with Crippen molar-refractivity contribution in [2.75, 3.05) is 26.8 Å².